The van der Waals surface area contributed by atoms with Crippen LogP contribution in [-0.2, 0) is 14.6 Å². The monoisotopic (exact) mass is 395 g/mol. The largest absolute Gasteiger partial charge is 0.497 e. The van der Waals surface area contributed by atoms with E-state index in [0.29, 0.717) is 16.5 Å². The summed E-state index contributed by atoms with van der Waals surface area (Å²) in [6.45, 7) is 0.164. The lowest BCUT2D eigenvalue weighted by Gasteiger charge is -2.38. The van der Waals surface area contributed by atoms with Gasteiger partial charge in [-0.25, -0.2) is 8.42 Å². The van der Waals surface area contributed by atoms with E-state index in [1.165, 1.54) is 29.2 Å². The normalized spacial score (nSPS) is 14.6. The summed E-state index contributed by atoms with van der Waals surface area (Å²) in [5.41, 5.74) is 0. The minimum absolute atomic E-state index is 0.152. The zero-order valence-electron chi connectivity index (χ0n) is 14.1. The predicted molar refractivity (Wildman–Crippen MR) is 97.5 cm³/mol. The molecule has 2 aromatic carbocycles. The van der Waals surface area contributed by atoms with E-state index in [4.69, 9.17) is 21.1 Å². The summed E-state index contributed by atoms with van der Waals surface area (Å²) in [4.78, 5) is 13.8. The first-order chi connectivity index (χ1) is 12.4. The van der Waals surface area contributed by atoms with Crippen LogP contribution in [-0.4, -0.2) is 51.3 Å². The Kier molecular flexibility index (Phi) is 5.38. The van der Waals surface area contributed by atoms with Gasteiger partial charge in [0, 0.05) is 24.2 Å². The van der Waals surface area contributed by atoms with Crippen LogP contribution in [0.3, 0.4) is 0 Å². The molecular weight excluding hydrogens is 378 g/mol. The highest BCUT2D eigenvalue weighted by Crippen LogP contribution is 2.25. The van der Waals surface area contributed by atoms with Gasteiger partial charge in [-0.3, -0.25) is 4.79 Å². The molecule has 1 fully saturated rings. The molecule has 0 N–H and O–H groups in total. The van der Waals surface area contributed by atoms with Gasteiger partial charge in [-0.1, -0.05) is 17.7 Å². The average molecular weight is 396 g/mol. The molecule has 0 spiro atoms. The van der Waals surface area contributed by atoms with Gasteiger partial charge < -0.3 is 14.4 Å². The van der Waals surface area contributed by atoms with E-state index in [2.05, 4.69) is 0 Å². The second-order valence-electron chi connectivity index (χ2n) is 5.89. The first-order valence-corrected chi connectivity index (χ1v) is 9.86. The van der Waals surface area contributed by atoms with E-state index < -0.39 is 15.1 Å². The number of hydrogen-bond acceptors (Lipinski definition) is 5. The Bertz CT molecular complexity index is 892. The third-order valence-electron chi connectivity index (χ3n) is 4.19. The Morgan fingerprint density at radius 3 is 2.46 bits per heavy atom. The van der Waals surface area contributed by atoms with Gasteiger partial charge in [0.15, 0.2) is 16.4 Å². The predicted octanol–water partition coefficient (Wildman–Crippen LogP) is 2.41. The van der Waals surface area contributed by atoms with Crippen LogP contribution >= 0.6 is 11.6 Å². The Hall–Kier alpha value is -2.25. The summed E-state index contributed by atoms with van der Waals surface area (Å²) in [6.07, 6.45) is 0. The van der Waals surface area contributed by atoms with E-state index in [1.807, 2.05) is 0 Å². The lowest BCUT2D eigenvalue weighted by atomic mass is 10.2. The summed E-state index contributed by atoms with van der Waals surface area (Å²) in [7, 11) is -1.92. The van der Waals surface area contributed by atoms with Crippen molar-refractivity contribution in [3.05, 3.63) is 53.6 Å². The lowest BCUT2D eigenvalue weighted by Crippen LogP contribution is -2.57. The maximum Gasteiger partial charge on any atom is 0.260 e. The average Bonchev–Trinajstić information content (AvgIpc) is 2.59. The Morgan fingerprint density at radius 1 is 1.15 bits per heavy atom. The molecule has 1 aliphatic rings. The molecule has 0 atom stereocenters. The molecule has 0 aromatic heterocycles. The fourth-order valence-corrected chi connectivity index (χ4v) is 4.36. The third-order valence-corrected chi connectivity index (χ3v) is 6.54. The Morgan fingerprint density at radius 2 is 1.81 bits per heavy atom. The minimum atomic E-state index is -3.47. The second-order valence-corrected chi connectivity index (χ2v) is 8.55. The van der Waals surface area contributed by atoms with Crippen molar-refractivity contribution < 1.29 is 22.7 Å². The van der Waals surface area contributed by atoms with Crippen molar-refractivity contribution >= 4 is 27.3 Å². The molecule has 1 aliphatic heterocycles. The van der Waals surface area contributed by atoms with Crippen LogP contribution in [0, 0.1) is 0 Å². The number of amides is 1. The lowest BCUT2D eigenvalue weighted by molar-refractivity contribution is -0.136. The van der Waals surface area contributed by atoms with Crippen LogP contribution in [0.15, 0.2) is 53.4 Å². The van der Waals surface area contributed by atoms with Crippen LogP contribution < -0.4 is 9.47 Å². The van der Waals surface area contributed by atoms with E-state index >= 15 is 0 Å². The van der Waals surface area contributed by atoms with Crippen molar-refractivity contribution in [1.29, 1.82) is 0 Å². The van der Waals surface area contributed by atoms with Crippen molar-refractivity contribution in [1.82, 2.24) is 4.90 Å². The number of sulfone groups is 1. The number of hydrogen-bond donors (Lipinski definition) is 0. The maximum absolute atomic E-state index is 12.5. The van der Waals surface area contributed by atoms with Crippen molar-refractivity contribution in [2.24, 2.45) is 0 Å². The van der Waals surface area contributed by atoms with Gasteiger partial charge in [-0.2, -0.15) is 0 Å². The SMILES string of the molecule is COc1cccc(OCC(=O)N2CC(S(=O)(=O)c3ccc(Cl)cc3)C2)c1. The smallest absolute Gasteiger partial charge is 0.260 e. The molecular formula is C18H18ClNO5S. The van der Waals surface area contributed by atoms with Crippen LogP contribution in [0.2, 0.25) is 5.02 Å². The Labute approximate surface area is 157 Å². The quantitative estimate of drug-likeness (QED) is 0.751. The van der Waals surface area contributed by atoms with Crippen LogP contribution in [0.1, 0.15) is 0 Å². The van der Waals surface area contributed by atoms with E-state index in [-0.39, 0.29) is 30.5 Å². The number of carbonyl (C=O) groups excluding carboxylic acids is 1. The molecule has 3 rings (SSSR count). The first-order valence-electron chi connectivity index (χ1n) is 7.94. The number of rotatable bonds is 6. The van der Waals surface area contributed by atoms with Crippen LogP contribution in [0.5, 0.6) is 11.5 Å². The van der Waals surface area contributed by atoms with E-state index in [9.17, 15) is 13.2 Å². The number of ether oxygens (including phenoxy) is 2. The molecule has 0 bridgehead atoms. The van der Waals surface area contributed by atoms with Crippen molar-refractivity contribution in [3.63, 3.8) is 0 Å². The molecule has 0 aliphatic carbocycles. The van der Waals surface area contributed by atoms with Gasteiger partial charge in [-0.05, 0) is 36.4 Å². The van der Waals surface area contributed by atoms with E-state index in [0.717, 1.165) is 0 Å². The van der Waals surface area contributed by atoms with Crippen molar-refractivity contribution in [2.75, 3.05) is 26.8 Å². The second kappa shape index (κ2) is 7.55. The molecule has 138 valence electrons. The van der Waals surface area contributed by atoms with Crippen LogP contribution in [0.4, 0.5) is 0 Å². The standard InChI is InChI=1S/C18H18ClNO5S/c1-24-14-3-2-4-15(9-14)25-12-18(21)20-10-17(11-20)26(22,23)16-7-5-13(19)6-8-16/h2-9,17H,10-12H2,1H3. The van der Waals surface area contributed by atoms with Crippen molar-refractivity contribution in [2.45, 2.75) is 10.1 Å². The number of benzene rings is 2. The molecule has 1 saturated heterocycles. The highest BCUT2D eigenvalue weighted by Gasteiger charge is 2.40. The van der Waals surface area contributed by atoms with Gasteiger partial charge in [0.2, 0.25) is 0 Å². The highest BCUT2D eigenvalue weighted by molar-refractivity contribution is 7.92. The molecule has 0 radical (unpaired) electrons. The summed E-state index contributed by atoms with van der Waals surface area (Å²) >= 11 is 5.79. The summed E-state index contributed by atoms with van der Waals surface area (Å²) in [6, 6.07) is 13.0. The number of halogens is 1. The highest BCUT2D eigenvalue weighted by atomic mass is 35.5. The van der Waals surface area contributed by atoms with Crippen LogP contribution in [0.25, 0.3) is 0 Å². The van der Waals surface area contributed by atoms with Gasteiger partial charge in [0.25, 0.3) is 5.91 Å². The molecule has 8 heteroatoms. The third kappa shape index (κ3) is 3.94. The minimum Gasteiger partial charge on any atom is -0.497 e. The molecule has 2 aromatic rings. The molecule has 1 heterocycles. The topological polar surface area (TPSA) is 72.9 Å². The molecule has 6 nitrogen and oxygen atoms in total. The molecule has 1 amide bonds. The fraction of sp³-hybridized carbons (Fsp3) is 0.278. The van der Waals surface area contributed by atoms with Gasteiger partial charge >= 0.3 is 0 Å². The maximum atomic E-state index is 12.5. The number of carbonyl (C=O) groups is 1. The zero-order chi connectivity index (χ0) is 18.7. The number of methoxy groups -OCH3 is 1. The molecule has 0 saturated carbocycles. The Balaban J connectivity index is 1.54. The molecule has 0 unspecified atom stereocenters. The summed E-state index contributed by atoms with van der Waals surface area (Å²) < 4.78 is 35.6. The van der Waals surface area contributed by atoms with Gasteiger partial charge in [0.05, 0.1) is 12.0 Å². The number of nitrogens with zero attached hydrogens (tertiary/aromatic N) is 1. The summed E-state index contributed by atoms with van der Waals surface area (Å²) in [5, 5.41) is -0.131. The van der Waals surface area contributed by atoms with Gasteiger partial charge in [-0.15, -0.1) is 0 Å². The van der Waals surface area contributed by atoms with E-state index in [1.54, 1.807) is 31.4 Å². The molecule has 26 heavy (non-hydrogen) atoms. The summed E-state index contributed by atoms with van der Waals surface area (Å²) in [5.74, 6) is 0.895. The first kappa shape index (κ1) is 18.5. The fourth-order valence-electron chi connectivity index (χ4n) is 2.58. The van der Waals surface area contributed by atoms with Crippen molar-refractivity contribution in [3.8, 4) is 11.5 Å². The zero-order valence-corrected chi connectivity index (χ0v) is 15.7. The van der Waals surface area contributed by atoms with Gasteiger partial charge in [0.1, 0.15) is 16.7 Å². The number of likely N-dealkylation sites (tertiary alicyclic amines) is 1.